The van der Waals surface area contributed by atoms with Gasteiger partial charge in [0.25, 0.3) is 0 Å². The molecule has 0 spiro atoms. The molecular formula is C39H46O. The molecule has 0 heterocycles. The van der Waals surface area contributed by atoms with Crippen molar-refractivity contribution in [2.75, 3.05) is 7.11 Å². The second-order valence-electron chi connectivity index (χ2n) is 13.5. The molecule has 0 aromatic heterocycles. The maximum absolute atomic E-state index is 5.62. The molecule has 0 unspecified atom stereocenters. The van der Waals surface area contributed by atoms with Gasteiger partial charge in [-0.1, -0.05) is 126 Å². The Morgan fingerprint density at radius 3 is 1.60 bits per heavy atom. The summed E-state index contributed by atoms with van der Waals surface area (Å²) in [5.41, 5.74) is 12.1. The van der Waals surface area contributed by atoms with Crippen LogP contribution in [-0.2, 0) is 11.8 Å². The normalized spacial score (nSPS) is 13.5. The van der Waals surface area contributed by atoms with Gasteiger partial charge in [0.2, 0.25) is 0 Å². The molecule has 1 aliphatic carbocycles. The van der Waals surface area contributed by atoms with Crippen LogP contribution in [0.2, 0.25) is 0 Å². The van der Waals surface area contributed by atoms with Crippen LogP contribution < -0.4 is 4.74 Å². The molecule has 1 nitrogen and oxygen atoms in total. The number of hydrogen-bond donors (Lipinski definition) is 0. The van der Waals surface area contributed by atoms with E-state index in [1.807, 2.05) is 6.08 Å². The molecule has 0 bridgehead atoms. The van der Waals surface area contributed by atoms with Crippen LogP contribution >= 0.6 is 0 Å². The van der Waals surface area contributed by atoms with Gasteiger partial charge in [-0.2, -0.15) is 0 Å². The Balaban J connectivity index is 0.000000557. The Labute approximate surface area is 243 Å². The van der Waals surface area contributed by atoms with Crippen LogP contribution in [0.4, 0.5) is 0 Å². The minimum atomic E-state index is -0.366. The average molecular weight is 531 g/mol. The van der Waals surface area contributed by atoms with Crippen LogP contribution in [0.1, 0.15) is 80.5 Å². The zero-order chi connectivity index (χ0) is 29.3. The molecule has 1 heteroatoms. The van der Waals surface area contributed by atoms with E-state index >= 15 is 0 Å². The minimum absolute atomic E-state index is 0.254. The second-order valence-corrected chi connectivity index (χ2v) is 13.5. The van der Waals surface area contributed by atoms with E-state index in [9.17, 15) is 0 Å². The molecule has 0 saturated heterocycles. The molecule has 0 amide bonds. The van der Waals surface area contributed by atoms with E-state index < -0.39 is 0 Å². The molecule has 208 valence electrons. The quantitative estimate of drug-likeness (QED) is 0.210. The maximum Gasteiger partial charge on any atom is 0.121 e. The lowest BCUT2D eigenvalue weighted by atomic mass is 9.67. The molecule has 1 aliphatic rings. The van der Waals surface area contributed by atoms with E-state index in [0.717, 1.165) is 17.7 Å². The molecular weight excluding hydrogens is 484 g/mol. The summed E-state index contributed by atoms with van der Waals surface area (Å²) in [5, 5.41) is 0. The first kappa shape index (κ1) is 29.4. The number of benzene rings is 4. The van der Waals surface area contributed by atoms with E-state index in [-0.39, 0.29) is 10.8 Å². The Kier molecular flexibility index (Phi) is 8.18. The Morgan fingerprint density at radius 1 is 0.700 bits per heavy atom. The average Bonchev–Trinajstić information content (AvgIpc) is 3.20. The highest BCUT2D eigenvalue weighted by molar-refractivity contribution is 5.86. The third-order valence-electron chi connectivity index (χ3n) is 7.89. The Morgan fingerprint density at radius 2 is 1.18 bits per heavy atom. The van der Waals surface area contributed by atoms with Crippen molar-refractivity contribution in [3.05, 3.63) is 137 Å². The van der Waals surface area contributed by atoms with Gasteiger partial charge in [-0.05, 0) is 87.2 Å². The highest BCUT2D eigenvalue weighted by Crippen LogP contribution is 2.56. The fourth-order valence-electron chi connectivity index (χ4n) is 5.83. The highest BCUT2D eigenvalue weighted by atomic mass is 16.5. The van der Waals surface area contributed by atoms with E-state index in [2.05, 4.69) is 147 Å². The highest BCUT2D eigenvalue weighted by Gasteiger charge is 2.46. The van der Waals surface area contributed by atoms with Crippen LogP contribution in [0.3, 0.4) is 0 Å². The zero-order valence-corrected chi connectivity index (χ0v) is 26.0. The number of allylic oxidation sites excluding steroid dienone is 1. The van der Waals surface area contributed by atoms with E-state index in [1.165, 1.54) is 44.5 Å². The van der Waals surface area contributed by atoms with Crippen molar-refractivity contribution in [1.29, 1.82) is 0 Å². The first-order valence-corrected chi connectivity index (χ1v) is 14.4. The molecule has 4 aromatic rings. The minimum Gasteiger partial charge on any atom is -0.496 e. The molecule has 0 aliphatic heterocycles. The maximum atomic E-state index is 5.62. The largest absolute Gasteiger partial charge is 0.496 e. The molecule has 4 aromatic carbocycles. The van der Waals surface area contributed by atoms with Crippen LogP contribution in [-0.4, -0.2) is 7.11 Å². The van der Waals surface area contributed by atoms with Crippen LogP contribution in [0.5, 0.6) is 5.75 Å². The van der Waals surface area contributed by atoms with Crippen LogP contribution in [0.25, 0.3) is 11.1 Å². The molecule has 40 heavy (non-hydrogen) atoms. The van der Waals surface area contributed by atoms with Crippen molar-refractivity contribution in [1.82, 2.24) is 0 Å². The smallest absolute Gasteiger partial charge is 0.121 e. The molecule has 5 rings (SSSR count). The zero-order valence-electron chi connectivity index (χ0n) is 26.0. The summed E-state index contributed by atoms with van der Waals surface area (Å²) in [5.74, 6) is 0.926. The number of methoxy groups -OCH3 is 1. The van der Waals surface area contributed by atoms with Gasteiger partial charge in [0.15, 0.2) is 0 Å². The number of aryl methyl sites for hydroxylation is 2. The third-order valence-corrected chi connectivity index (χ3v) is 7.89. The lowest BCUT2D eigenvalue weighted by Gasteiger charge is -2.35. The van der Waals surface area contributed by atoms with Crippen molar-refractivity contribution in [2.45, 2.75) is 67.2 Å². The molecule has 0 radical (unpaired) electrons. The van der Waals surface area contributed by atoms with E-state index in [0.29, 0.717) is 5.41 Å². The summed E-state index contributed by atoms with van der Waals surface area (Å²) >= 11 is 0. The molecule has 0 saturated carbocycles. The third kappa shape index (κ3) is 5.66. The van der Waals surface area contributed by atoms with Gasteiger partial charge in [-0.15, -0.1) is 6.58 Å². The van der Waals surface area contributed by atoms with Crippen LogP contribution in [0.15, 0.2) is 97.6 Å². The SMILES string of the molecule is C=CC(C)(C)C.COc1ccc(C2(c3ccc(CC(C)(C)C)c(C)c3)c3ccccc3-c3ccccc32)cc1C. The lowest BCUT2D eigenvalue weighted by Crippen LogP contribution is -2.29. The fourth-order valence-corrected chi connectivity index (χ4v) is 5.83. The van der Waals surface area contributed by atoms with E-state index in [1.54, 1.807) is 7.11 Å². The predicted molar refractivity (Wildman–Crippen MR) is 173 cm³/mol. The number of hydrogen-bond acceptors (Lipinski definition) is 1. The van der Waals surface area contributed by atoms with Gasteiger partial charge in [0.1, 0.15) is 5.75 Å². The van der Waals surface area contributed by atoms with Crippen molar-refractivity contribution in [3.63, 3.8) is 0 Å². The summed E-state index contributed by atoms with van der Waals surface area (Å²) in [7, 11) is 1.75. The first-order chi connectivity index (χ1) is 18.8. The van der Waals surface area contributed by atoms with Crippen molar-refractivity contribution < 1.29 is 4.74 Å². The monoisotopic (exact) mass is 530 g/mol. The number of ether oxygens (including phenoxy) is 1. The second kappa shape index (κ2) is 11.1. The van der Waals surface area contributed by atoms with Gasteiger partial charge in [-0.3, -0.25) is 0 Å². The lowest BCUT2D eigenvalue weighted by molar-refractivity contribution is 0.410. The van der Waals surface area contributed by atoms with Crippen LogP contribution in [0, 0.1) is 24.7 Å². The fraction of sp³-hybridized carbons (Fsp3) is 0.333. The number of rotatable bonds is 4. The first-order valence-electron chi connectivity index (χ1n) is 14.4. The van der Waals surface area contributed by atoms with Crippen molar-refractivity contribution in [3.8, 4) is 16.9 Å². The van der Waals surface area contributed by atoms with Crippen molar-refractivity contribution >= 4 is 0 Å². The summed E-state index contributed by atoms with van der Waals surface area (Å²) in [6.07, 6.45) is 3.01. The van der Waals surface area contributed by atoms with Gasteiger partial charge < -0.3 is 4.74 Å². The van der Waals surface area contributed by atoms with Gasteiger partial charge in [-0.25, -0.2) is 0 Å². The summed E-state index contributed by atoms with van der Waals surface area (Å²) in [6, 6.07) is 31.7. The summed E-state index contributed by atoms with van der Waals surface area (Å²) in [6.45, 7) is 21.3. The molecule has 0 N–H and O–H groups in total. The Hall–Kier alpha value is -3.58. The summed E-state index contributed by atoms with van der Waals surface area (Å²) in [4.78, 5) is 0. The summed E-state index contributed by atoms with van der Waals surface area (Å²) < 4.78 is 5.62. The topological polar surface area (TPSA) is 9.23 Å². The number of fused-ring (bicyclic) bond motifs is 3. The van der Waals surface area contributed by atoms with E-state index in [4.69, 9.17) is 4.74 Å². The molecule has 0 atom stereocenters. The Bertz CT molecular complexity index is 1460. The van der Waals surface area contributed by atoms with Gasteiger partial charge in [0.05, 0.1) is 12.5 Å². The van der Waals surface area contributed by atoms with Crippen molar-refractivity contribution in [2.24, 2.45) is 10.8 Å². The predicted octanol–water partition coefficient (Wildman–Crippen LogP) is 10.5. The van der Waals surface area contributed by atoms with Gasteiger partial charge >= 0.3 is 0 Å². The standard InChI is InChI=1S/C33H34O.C6H12/c1-22-19-25(16-15-24(22)21-32(3,4)5)33(26-17-18-31(34-6)23(2)20-26)29-13-9-7-11-27(29)28-12-8-10-14-30(28)33;1-5-6(2,3)4/h7-20H,21H2,1-6H3;5H,1H2,2-4H3. The van der Waals surface area contributed by atoms with Gasteiger partial charge in [0, 0.05) is 0 Å². The molecule has 0 fully saturated rings.